The number of aliphatic hydroxyl groups excluding tert-OH is 1. The van der Waals surface area contributed by atoms with Crippen LogP contribution in [0.15, 0.2) is 0 Å². The van der Waals surface area contributed by atoms with Crippen LogP contribution in [0.1, 0.15) is 44.9 Å². The maximum atomic E-state index is 10.5. The van der Waals surface area contributed by atoms with Crippen LogP contribution in [0.5, 0.6) is 0 Å². The molecule has 0 saturated carbocycles. The van der Waals surface area contributed by atoms with Crippen LogP contribution in [0.3, 0.4) is 0 Å². The molecule has 0 amide bonds. The van der Waals surface area contributed by atoms with E-state index in [4.69, 9.17) is 14.2 Å². The van der Waals surface area contributed by atoms with E-state index in [1.54, 1.807) is 0 Å². The molecule has 3 rings (SSSR count). The summed E-state index contributed by atoms with van der Waals surface area (Å²) in [5.41, 5.74) is -0.0152. The minimum Gasteiger partial charge on any atom is -0.393 e. The van der Waals surface area contributed by atoms with Crippen LogP contribution in [0.2, 0.25) is 0 Å². The van der Waals surface area contributed by atoms with Crippen LogP contribution in [0, 0.1) is 5.92 Å². The largest absolute Gasteiger partial charge is 0.393 e. The molecule has 4 nitrogen and oxygen atoms in total. The Kier molecular flexibility index (Phi) is 4.42. The lowest BCUT2D eigenvalue weighted by atomic mass is 9.77. The van der Waals surface area contributed by atoms with Crippen molar-refractivity contribution in [2.24, 2.45) is 5.92 Å². The maximum absolute atomic E-state index is 10.5. The van der Waals surface area contributed by atoms with Gasteiger partial charge < -0.3 is 19.3 Å². The highest BCUT2D eigenvalue weighted by Crippen LogP contribution is 2.39. The van der Waals surface area contributed by atoms with Gasteiger partial charge in [-0.25, -0.2) is 0 Å². The van der Waals surface area contributed by atoms with Gasteiger partial charge in [0.15, 0.2) is 0 Å². The third kappa shape index (κ3) is 3.30. The van der Waals surface area contributed by atoms with E-state index < -0.39 is 0 Å². The van der Waals surface area contributed by atoms with E-state index in [9.17, 15) is 5.11 Å². The van der Waals surface area contributed by atoms with E-state index in [-0.39, 0.29) is 17.8 Å². The van der Waals surface area contributed by atoms with Crippen LogP contribution in [0.4, 0.5) is 0 Å². The second-order valence-electron chi connectivity index (χ2n) is 6.33. The molecule has 0 bridgehead atoms. The van der Waals surface area contributed by atoms with Crippen molar-refractivity contribution in [1.82, 2.24) is 0 Å². The average Bonchev–Trinajstić information content (AvgIpc) is 2.92. The molecule has 3 atom stereocenters. The predicted molar refractivity (Wildman–Crippen MR) is 71.1 cm³/mol. The Morgan fingerprint density at radius 3 is 2.68 bits per heavy atom. The summed E-state index contributed by atoms with van der Waals surface area (Å²) in [6, 6.07) is 0. The maximum Gasteiger partial charge on any atom is 0.0730 e. The van der Waals surface area contributed by atoms with Crippen LogP contribution < -0.4 is 0 Å². The van der Waals surface area contributed by atoms with Crippen LogP contribution in [-0.2, 0) is 14.2 Å². The van der Waals surface area contributed by atoms with Crippen molar-refractivity contribution < 1.29 is 19.3 Å². The van der Waals surface area contributed by atoms with Gasteiger partial charge in [-0.3, -0.25) is 0 Å². The van der Waals surface area contributed by atoms with Crippen LogP contribution >= 0.6 is 0 Å². The molecule has 1 N–H and O–H groups in total. The van der Waals surface area contributed by atoms with Gasteiger partial charge in [-0.15, -0.1) is 0 Å². The van der Waals surface area contributed by atoms with Crippen molar-refractivity contribution in [2.75, 3.05) is 26.4 Å². The summed E-state index contributed by atoms with van der Waals surface area (Å²) in [5.74, 6) is 0.371. The summed E-state index contributed by atoms with van der Waals surface area (Å²) < 4.78 is 17.1. The molecule has 19 heavy (non-hydrogen) atoms. The molecule has 0 aromatic carbocycles. The number of rotatable bonds is 3. The molecule has 3 fully saturated rings. The van der Waals surface area contributed by atoms with Gasteiger partial charge in [0, 0.05) is 26.4 Å². The van der Waals surface area contributed by atoms with Crippen LogP contribution in [-0.4, -0.2) is 49.3 Å². The zero-order chi connectivity index (χ0) is 13.1. The molecular formula is C15H26O4. The van der Waals surface area contributed by atoms with Gasteiger partial charge in [0.05, 0.1) is 17.8 Å². The molecule has 0 aromatic heterocycles. The molecule has 110 valence electrons. The van der Waals surface area contributed by atoms with Crippen molar-refractivity contribution >= 4 is 0 Å². The summed E-state index contributed by atoms with van der Waals surface area (Å²) >= 11 is 0. The molecule has 1 spiro atoms. The SMILES string of the molecule is OC(CC1CCCO1)C1CCOC2(CCOCC2)C1. The topological polar surface area (TPSA) is 47.9 Å². The molecule has 0 radical (unpaired) electrons. The quantitative estimate of drug-likeness (QED) is 0.851. The van der Waals surface area contributed by atoms with Gasteiger partial charge in [0.2, 0.25) is 0 Å². The monoisotopic (exact) mass is 270 g/mol. The lowest BCUT2D eigenvalue weighted by Crippen LogP contribution is -2.47. The van der Waals surface area contributed by atoms with Crippen molar-refractivity contribution in [1.29, 1.82) is 0 Å². The molecule has 3 aliphatic rings. The lowest BCUT2D eigenvalue weighted by molar-refractivity contribution is -0.160. The minimum atomic E-state index is -0.230. The molecular weight excluding hydrogens is 244 g/mol. The lowest BCUT2D eigenvalue weighted by Gasteiger charge is -2.44. The summed E-state index contributed by atoms with van der Waals surface area (Å²) in [6.45, 7) is 3.25. The predicted octanol–water partition coefficient (Wildman–Crippen LogP) is 1.89. The fraction of sp³-hybridized carbons (Fsp3) is 1.00. The minimum absolute atomic E-state index is 0.0152. The van der Waals surface area contributed by atoms with Crippen LogP contribution in [0.25, 0.3) is 0 Å². The van der Waals surface area contributed by atoms with Gasteiger partial charge in [-0.05, 0) is 50.9 Å². The van der Waals surface area contributed by atoms with Crippen molar-refractivity contribution in [3.05, 3.63) is 0 Å². The molecule has 3 aliphatic heterocycles. The first-order valence-corrected chi connectivity index (χ1v) is 7.79. The first kappa shape index (κ1) is 13.8. The van der Waals surface area contributed by atoms with E-state index >= 15 is 0 Å². The second kappa shape index (κ2) is 6.08. The number of aliphatic hydroxyl groups is 1. The van der Waals surface area contributed by atoms with Crippen molar-refractivity contribution in [3.63, 3.8) is 0 Å². The number of hydrogen-bond donors (Lipinski definition) is 1. The summed E-state index contributed by atoms with van der Waals surface area (Å²) in [7, 11) is 0. The van der Waals surface area contributed by atoms with E-state index in [2.05, 4.69) is 0 Å². The van der Waals surface area contributed by atoms with Crippen molar-refractivity contribution in [2.45, 2.75) is 62.8 Å². The number of hydrogen-bond acceptors (Lipinski definition) is 4. The van der Waals surface area contributed by atoms with Gasteiger partial charge in [-0.1, -0.05) is 0 Å². The Balaban J connectivity index is 1.54. The molecule has 0 aromatic rings. The van der Waals surface area contributed by atoms with Crippen molar-refractivity contribution in [3.8, 4) is 0 Å². The third-order valence-electron chi connectivity index (χ3n) is 5.01. The zero-order valence-corrected chi connectivity index (χ0v) is 11.7. The Morgan fingerprint density at radius 2 is 1.95 bits per heavy atom. The van der Waals surface area contributed by atoms with Gasteiger partial charge in [0.25, 0.3) is 0 Å². The molecule has 3 unspecified atom stereocenters. The smallest absolute Gasteiger partial charge is 0.0730 e. The first-order chi connectivity index (χ1) is 9.27. The molecule has 3 heterocycles. The fourth-order valence-corrected chi connectivity index (χ4v) is 3.78. The van der Waals surface area contributed by atoms with E-state index in [1.807, 2.05) is 0 Å². The van der Waals surface area contributed by atoms with Gasteiger partial charge >= 0.3 is 0 Å². The second-order valence-corrected chi connectivity index (χ2v) is 6.33. The van der Waals surface area contributed by atoms with Gasteiger partial charge in [0.1, 0.15) is 0 Å². The Labute approximate surface area is 115 Å². The third-order valence-corrected chi connectivity index (χ3v) is 5.01. The summed E-state index contributed by atoms with van der Waals surface area (Å²) in [4.78, 5) is 0. The van der Waals surface area contributed by atoms with E-state index in [0.29, 0.717) is 5.92 Å². The van der Waals surface area contributed by atoms with E-state index in [1.165, 1.54) is 0 Å². The molecule has 4 heteroatoms. The molecule has 3 saturated heterocycles. The summed E-state index contributed by atoms with van der Waals surface area (Å²) in [6.07, 6.45) is 7.05. The standard InChI is InChI=1S/C15H26O4/c16-14(10-13-2-1-6-18-13)12-3-7-19-15(11-12)4-8-17-9-5-15/h12-14,16H,1-11H2. The normalized spacial score (nSPS) is 36.5. The highest BCUT2D eigenvalue weighted by molar-refractivity contribution is 4.91. The molecule has 0 aliphatic carbocycles. The zero-order valence-electron chi connectivity index (χ0n) is 11.7. The fourth-order valence-electron chi connectivity index (χ4n) is 3.78. The number of ether oxygens (including phenoxy) is 3. The highest BCUT2D eigenvalue weighted by atomic mass is 16.5. The first-order valence-electron chi connectivity index (χ1n) is 7.79. The highest BCUT2D eigenvalue weighted by Gasteiger charge is 2.41. The Bertz CT molecular complexity index is 276. The van der Waals surface area contributed by atoms with Gasteiger partial charge in [-0.2, -0.15) is 0 Å². The summed E-state index contributed by atoms with van der Waals surface area (Å²) in [5, 5.41) is 10.5. The Hall–Kier alpha value is -0.160. The van der Waals surface area contributed by atoms with E-state index in [0.717, 1.165) is 71.4 Å². The average molecular weight is 270 g/mol. The Morgan fingerprint density at radius 1 is 1.11 bits per heavy atom.